The van der Waals surface area contributed by atoms with E-state index in [9.17, 15) is 0 Å². The number of rotatable bonds is 2. The van der Waals surface area contributed by atoms with Gasteiger partial charge in [0.1, 0.15) is 6.10 Å². The van der Waals surface area contributed by atoms with E-state index in [2.05, 4.69) is 0 Å². The first-order chi connectivity index (χ1) is 4.81. The second-order valence-corrected chi connectivity index (χ2v) is 2.56. The topological polar surface area (TPSA) is 138 Å². The van der Waals surface area contributed by atoms with Crippen LogP contribution in [0.25, 0.3) is 0 Å². The first kappa shape index (κ1) is 18.9. The fourth-order valence-corrected chi connectivity index (χ4v) is 0.0577. The molecule has 7 nitrogen and oxygen atoms in total. The van der Waals surface area contributed by atoms with E-state index in [4.69, 9.17) is 34.6 Å². The second-order valence-electron chi connectivity index (χ2n) is 1.53. The van der Waals surface area contributed by atoms with Crippen molar-refractivity contribution in [1.82, 2.24) is 0 Å². The van der Waals surface area contributed by atoms with Crippen LogP contribution < -0.4 is 0 Å². The van der Waals surface area contributed by atoms with Crippen molar-refractivity contribution in [2.45, 2.75) is 6.10 Å². The molecule has 0 aromatic rings. The van der Waals surface area contributed by atoms with Crippen LogP contribution in [0.4, 0.5) is 0 Å². The van der Waals surface area contributed by atoms with Gasteiger partial charge in [-0.1, -0.05) is 0 Å². The summed E-state index contributed by atoms with van der Waals surface area (Å²) in [5.74, 6) is 0. The van der Waals surface area contributed by atoms with Crippen molar-refractivity contribution >= 4 is 45.6 Å². The van der Waals surface area contributed by atoms with Gasteiger partial charge in [0.15, 0.2) is 0 Å². The molecule has 0 heterocycles. The Hall–Kier alpha value is 1.25. The van der Waals surface area contributed by atoms with Gasteiger partial charge in [0.05, 0.1) is 13.2 Å². The van der Waals surface area contributed by atoms with E-state index in [-0.39, 0.29) is 51.0 Å². The summed E-state index contributed by atoms with van der Waals surface area (Å²) in [5.41, 5.74) is 0. The van der Waals surface area contributed by atoms with E-state index in [1.807, 2.05) is 0 Å². The fraction of sp³-hybridized carbons (Fsp3) is 1.00. The summed E-state index contributed by atoms with van der Waals surface area (Å²) in [5, 5.41) is 24.0. The molecule has 0 unspecified atom stereocenters. The first-order valence-corrected chi connectivity index (χ1v) is 4.05. The molecule has 0 spiro atoms. The van der Waals surface area contributed by atoms with Crippen molar-refractivity contribution in [2.24, 2.45) is 0 Å². The average Bonchev–Trinajstić information content (AvgIpc) is 1.83. The Balaban J connectivity index is -0.000000126. The predicted molar refractivity (Wildman–Crippen MR) is 43.0 cm³/mol. The van der Waals surface area contributed by atoms with Crippen LogP contribution in [0, 0.1) is 0 Å². The number of hydrogen-bond acceptors (Lipinski definition) is 4. The number of hydrogen-bond donors (Lipinski definition) is 6. The number of aliphatic hydroxyl groups excluding tert-OH is 3. The van der Waals surface area contributed by atoms with Crippen LogP contribution in [0.5, 0.6) is 0 Å². The SMILES string of the molecule is O=P(O)(O)O.OCC(O)CO.[CaH2]. The van der Waals surface area contributed by atoms with Crippen molar-refractivity contribution < 1.29 is 34.6 Å². The monoisotopic (exact) mass is 232 g/mol. The maximum atomic E-state index is 8.88. The molecule has 0 amide bonds. The number of aliphatic hydroxyl groups is 3. The summed E-state index contributed by atoms with van der Waals surface area (Å²) in [7, 11) is -4.64. The Labute approximate surface area is 98.9 Å². The summed E-state index contributed by atoms with van der Waals surface area (Å²) >= 11 is 0. The van der Waals surface area contributed by atoms with Gasteiger partial charge in [-0.05, 0) is 0 Å². The van der Waals surface area contributed by atoms with Crippen molar-refractivity contribution in [3.8, 4) is 0 Å². The van der Waals surface area contributed by atoms with Crippen LogP contribution in [-0.2, 0) is 4.57 Å². The molecule has 0 aromatic heterocycles. The minimum atomic E-state index is -4.64. The van der Waals surface area contributed by atoms with E-state index in [1.54, 1.807) is 0 Å². The standard InChI is InChI=1S/C3H8O3.Ca.H3O4P.2H/c4-1-3(6)2-5;;1-5(2,3)4;;/h3-6H,1-2H2;;(H3,1,2,3,4);;. The Morgan fingerprint density at radius 3 is 1.25 bits per heavy atom. The molecule has 0 aliphatic heterocycles. The predicted octanol–water partition coefficient (Wildman–Crippen LogP) is -3.51. The van der Waals surface area contributed by atoms with Crippen LogP contribution in [0.15, 0.2) is 0 Å². The van der Waals surface area contributed by atoms with Gasteiger partial charge in [0, 0.05) is 0 Å². The zero-order chi connectivity index (χ0) is 9.49. The van der Waals surface area contributed by atoms with Gasteiger partial charge in [-0.2, -0.15) is 0 Å². The average molecular weight is 232 g/mol. The molecular weight excluding hydrogens is 219 g/mol. The Kier molecular flexibility index (Phi) is 16.3. The minimum absolute atomic E-state index is 0. The molecule has 0 radical (unpaired) electrons. The second kappa shape index (κ2) is 10.3. The molecule has 0 aliphatic rings. The number of phosphoric acid groups is 1. The molecule has 0 rings (SSSR count). The molecule has 9 heteroatoms. The molecular formula is C3H13CaO7P. The van der Waals surface area contributed by atoms with Crippen molar-refractivity contribution in [2.75, 3.05) is 13.2 Å². The third-order valence-electron chi connectivity index (χ3n) is 0.421. The molecule has 0 fully saturated rings. The van der Waals surface area contributed by atoms with Gasteiger partial charge in [0.25, 0.3) is 0 Å². The third kappa shape index (κ3) is 42.9. The van der Waals surface area contributed by atoms with Crippen LogP contribution in [0.1, 0.15) is 0 Å². The quantitative estimate of drug-likeness (QED) is 0.214. The van der Waals surface area contributed by atoms with Crippen LogP contribution in [0.2, 0.25) is 0 Å². The molecule has 0 saturated heterocycles. The van der Waals surface area contributed by atoms with Crippen molar-refractivity contribution in [1.29, 1.82) is 0 Å². The Bertz CT molecular complexity index is 112. The molecule has 12 heavy (non-hydrogen) atoms. The summed E-state index contributed by atoms with van der Waals surface area (Å²) in [6, 6.07) is 0. The molecule has 0 saturated carbocycles. The van der Waals surface area contributed by atoms with Crippen LogP contribution in [-0.4, -0.2) is 87.1 Å². The van der Waals surface area contributed by atoms with Gasteiger partial charge >= 0.3 is 45.6 Å². The summed E-state index contributed by atoms with van der Waals surface area (Å²) in [6.45, 7) is -0.729. The molecule has 74 valence electrons. The summed E-state index contributed by atoms with van der Waals surface area (Å²) in [4.78, 5) is 21.6. The summed E-state index contributed by atoms with van der Waals surface area (Å²) in [6.07, 6.45) is -0.954. The maximum absolute atomic E-state index is 8.88. The zero-order valence-corrected chi connectivity index (χ0v) is 6.42. The molecule has 0 aromatic carbocycles. The van der Waals surface area contributed by atoms with E-state index < -0.39 is 13.9 Å². The third-order valence-corrected chi connectivity index (χ3v) is 0.421. The van der Waals surface area contributed by atoms with Gasteiger partial charge < -0.3 is 30.0 Å². The van der Waals surface area contributed by atoms with E-state index in [1.165, 1.54) is 0 Å². The fourth-order valence-electron chi connectivity index (χ4n) is 0.0577. The van der Waals surface area contributed by atoms with Gasteiger partial charge in [-0.25, -0.2) is 4.57 Å². The molecule has 0 atom stereocenters. The Morgan fingerprint density at radius 1 is 1.08 bits per heavy atom. The van der Waals surface area contributed by atoms with Crippen LogP contribution in [0.3, 0.4) is 0 Å². The first-order valence-electron chi connectivity index (χ1n) is 2.49. The van der Waals surface area contributed by atoms with E-state index >= 15 is 0 Å². The van der Waals surface area contributed by atoms with Gasteiger partial charge in [-0.15, -0.1) is 0 Å². The molecule has 6 N–H and O–H groups in total. The molecule has 0 bridgehead atoms. The van der Waals surface area contributed by atoms with Crippen LogP contribution >= 0.6 is 7.82 Å². The van der Waals surface area contributed by atoms with Crippen molar-refractivity contribution in [3.05, 3.63) is 0 Å². The summed E-state index contributed by atoms with van der Waals surface area (Å²) < 4.78 is 8.88. The van der Waals surface area contributed by atoms with Crippen molar-refractivity contribution in [3.63, 3.8) is 0 Å². The normalized spacial score (nSPS) is 9.92. The molecule has 0 aliphatic carbocycles. The zero-order valence-electron chi connectivity index (χ0n) is 5.53. The van der Waals surface area contributed by atoms with Gasteiger partial charge in [0.2, 0.25) is 0 Å². The van der Waals surface area contributed by atoms with E-state index in [0.717, 1.165) is 0 Å². The van der Waals surface area contributed by atoms with E-state index in [0.29, 0.717) is 0 Å². The Morgan fingerprint density at radius 2 is 1.25 bits per heavy atom. The van der Waals surface area contributed by atoms with Gasteiger partial charge in [-0.3, -0.25) is 0 Å².